The van der Waals surface area contributed by atoms with E-state index < -0.39 is 41.3 Å². The van der Waals surface area contributed by atoms with Crippen LogP contribution in [0.1, 0.15) is 100.0 Å². The number of amides is 3. The molecule has 3 atom stereocenters. The normalized spacial score (nSPS) is 25.2. The van der Waals surface area contributed by atoms with Gasteiger partial charge in [-0.05, 0) is 110 Å². The van der Waals surface area contributed by atoms with Crippen LogP contribution < -0.4 is 21.1 Å². The Morgan fingerprint density at radius 3 is 2.12 bits per heavy atom. The van der Waals surface area contributed by atoms with Gasteiger partial charge in [0.1, 0.15) is 19.0 Å². The summed E-state index contributed by atoms with van der Waals surface area (Å²) in [6, 6.07) is 18.8. The number of hydrogen-bond donors (Lipinski definition) is 3. The first-order chi connectivity index (χ1) is 30.7. The summed E-state index contributed by atoms with van der Waals surface area (Å²) in [5.41, 5.74) is 8.16. The molecule has 4 N–H and O–H groups in total. The highest BCUT2D eigenvalue weighted by Crippen LogP contribution is 2.70. The molecule has 3 unspecified atom stereocenters. The second-order valence-corrected chi connectivity index (χ2v) is 18.7. The number of allylic oxidation sites excluding steroid dienone is 1. The number of halogens is 1. The molecular weight excluding hydrogens is 838 g/mol. The number of primary amides is 1. The van der Waals surface area contributed by atoms with Crippen molar-refractivity contribution in [3.63, 3.8) is 0 Å². The number of carbonyl (C=O) groups excluding carboxylic acids is 5. The van der Waals surface area contributed by atoms with Crippen molar-refractivity contribution < 1.29 is 48.0 Å². The minimum Gasteiger partial charge on any atom is -0.487 e. The number of esters is 1. The highest BCUT2D eigenvalue weighted by Gasteiger charge is 2.77. The van der Waals surface area contributed by atoms with Crippen LogP contribution in [0.15, 0.2) is 72.8 Å². The summed E-state index contributed by atoms with van der Waals surface area (Å²) in [7, 11) is 1.63. The van der Waals surface area contributed by atoms with Crippen molar-refractivity contribution in [1.29, 1.82) is 0 Å². The molecular formula is C50H60ClN3O10. The number of ketones is 2. The highest BCUT2D eigenvalue weighted by molar-refractivity contribution is 6.33. The van der Waals surface area contributed by atoms with Crippen LogP contribution in [0, 0.1) is 35.5 Å². The Balaban J connectivity index is 1.03. The summed E-state index contributed by atoms with van der Waals surface area (Å²) in [5.74, 6) is -1.15. The predicted molar refractivity (Wildman–Crippen MR) is 239 cm³/mol. The number of Topliss-reactive ketones (excluding diaryl/α,β-unsaturated/α-hetero) is 1. The molecule has 3 aromatic carbocycles. The smallest absolute Gasteiger partial charge is 0.312 e. The topological polar surface area (TPSA) is 182 Å². The molecule has 1 saturated heterocycles. The first-order valence-corrected chi connectivity index (χ1v) is 22.8. The zero-order valence-corrected chi connectivity index (χ0v) is 37.8. The molecule has 1 spiro atoms. The van der Waals surface area contributed by atoms with Crippen LogP contribution in [0.4, 0.5) is 4.79 Å². The van der Waals surface area contributed by atoms with Gasteiger partial charge in [-0.15, -0.1) is 0 Å². The fourth-order valence-corrected chi connectivity index (χ4v) is 10.9. The number of methoxy groups -OCH3 is 1. The van der Waals surface area contributed by atoms with Crippen molar-refractivity contribution in [1.82, 2.24) is 10.6 Å². The summed E-state index contributed by atoms with van der Waals surface area (Å²) in [5, 5.41) is 5.74. The average Bonchev–Trinajstić information content (AvgIpc) is 3.25. The number of ether oxygens (including phenoxy) is 3. The van der Waals surface area contributed by atoms with Gasteiger partial charge in [0.15, 0.2) is 17.2 Å². The Morgan fingerprint density at radius 1 is 0.875 bits per heavy atom. The zero-order valence-electron chi connectivity index (χ0n) is 37.1. The van der Waals surface area contributed by atoms with Gasteiger partial charge in [-0.3, -0.25) is 19.2 Å². The van der Waals surface area contributed by atoms with Crippen molar-refractivity contribution in [2.24, 2.45) is 41.2 Å². The van der Waals surface area contributed by atoms with Gasteiger partial charge in [-0.2, -0.15) is 4.89 Å². The molecule has 5 fully saturated rings. The molecule has 3 aromatic rings. The first-order valence-electron chi connectivity index (χ1n) is 22.4. The highest BCUT2D eigenvalue weighted by atomic mass is 35.5. The van der Waals surface area contributed by atoms with Gasteiger partial charge in [0.2, 0.25) is 5.91 Å². The zero-order chi connectivity index (χ0) is 45.6. The van der Waals surface area contributed by atoms with Gasteiger partial charge in [-0.1, -0.05) is 92.2 Å². The van der Waals surface area contributed by atoms with Crippen LogP contribution in [-0.2, 0) is 63.8 Å². The molecule has 14 heteroatoms. The van der Waals surface area contributed by atoms with Gasteiger partial charge in [0.05, 0.1) is 23.4 Å². The summed E-state index contributed by atoms with van der Waals surface area (Å²) in [4.78, 5) is 75.9. The summed E-state index contributed by atoms with van der Waals surface area (Å²) in [6.07, 6.45) is 9.19. The summed E-state index contributed by atoms with van der Waals surface area (Å²) in [6.45, 7) is 5.58. The van der Waals surface area contributed by atoms with Crippen LogP contribution in [0.3, 0.4) is 0 Å². The number of nitrogens with two attached hydrogens (primary N) is 1. The summed E-state index contributed by atoms with van der Waals surface area (Å²) < 4.78 is 18.2. The van der Waals surface area contributed by atoms with Crippen molar-refractivity contribution >= 4 is 47.2 Å². The molecule has 3 amide bonds. The van der Waals surface area contributed by atoms with Crippen LogP contribution >= 0.6 is 11.6 Å². The lowest BCUT2D eigenvalue weighted by atomic mass is 9.47. The number of benzene rings is 3. The monoisotopic (exact) mass is 897 g/mol. The van der Waals surface area contributed by atoms with Crippen LogP contribution in [0.25, 0.3) is 6.08 Å². The van der Waals surface area contributed by atoms with E-state index in [2.05, 4.69) is 10.6 Å². The molecule has 0 aromatic heterocycles. The fourth-order valence-electron chi connectivity index (χ4n) is 10.6. The second kappa shape index (κ2) is 20.4. The fraction of sp³-hybridized carbons (Fsp3) is 0.500. The van der Waals surface area contributed by atoms with E-state index in [9.17, 15) is 24.0 Å². The van der Waals surface area contributed by atoms with Gasteiger partial charge in [-0.25, -0.2) is 9.68 Å². The number of hydrogen-bond acceptors (Lipinski definition) is 10. The van der Waals surface area contributed by atoms with E-state index in [1.54, 1.807) is 13.2 Å². The van der Waals surface area contributed by atoms with Crippen molar-refractivity contribution in [3.8, 4) is 5.75 Å². The SMILES string of the molecule is COC1(c2ccc(/C=C/C(C)=O)c(OCc3ccc(CC(=O)C(CCCNC(N)=O)NC(=O)C(CC(=O)OCc4ccccc4)C(C)C)cc3)c2Cl)OOC12C1CC3CC(C1)CC2C3. The van der Waals surface area contributed by atoms with Gasteiger partial charge in [0.25, 0.3) is 5.79 Å². The van der Waals surface area contributed by atoms with E-state index in [1.165, 1.54) is 19.4 Å². The molecule has 8 rings (SSSR count). The minimum absolute atomic E-state index is 0.0149. The third kappa shape index (κ3) is 10.1. The van der Waals surface area contributed by atoms with E-state index in [0.717, 1.165) is 36.8 Å². The molecule has 1 heterocycles. The standard InChI is InChI=1S/C50H60ClN3O10/c1-30(2)40(27-44(57)61-28-33-9-6-5-7-10-33)47(58)54-42(11-8-20-53-48(52)59)43(56)26-32-13-15-34(16-14-32)29-62-46-37(17-12-31(3)55)18-19-41(45(46)51)50(60-4)49(63-64-50)38-22-35-21-36(24-38)25-39(49)23-35/h5-7,9-10,12-19,30,35-36,38-40,42H,8,11,20-29H2,1-4H3,(H,54,58)(H3,52,53,59)/b17-12+. The van der Waals surface area contributed by atoms with E-state index in [-0.39, 0.29) is 68.3 Å². The number of urea groups is 1. The third-order valence-corrected chi connectivity index (χ3v) is 14.0. The Bertz CT molecular complexity index is 2180. The molecule has 0 radical (unpaired) electrons. The van der Waals surface area contributed by atoms with E-state index in [1.807, 2.05) is 80.6 Å². The lowest BCUT2D eigenvalue weighted by Gasteiger charge is -2.68. The van der Waals surface area contributed by atoms with Crippen molar-refractivity contribution in [2.45, 2.75) is 109 Å². The molecule has 64 heavy (non-hydrogen) atoms. The molecule has 4 bridgehead atoms. The molecule has 4 aliphatic carbocycles. The Kier molecular flexibility index (Phi) is 14.9. The number of nitrogens with one attached hydrogen (secondary N) is 2. The number of carbonyl (C=O) groups is 5. The van der Waals surface area contributed by atoms with Gasteiger partial charge in [0, 0.05) is 31.2 Å². The second-order valence-electron chi connectivity index (χ2n) is 18.3. The Morgan fingerprint density at radius 2 is 1.53 bits per heavy atom. The lowest BCUT2D eigenvalue weighted by Crippen LogP contribution is -2.76. The minimum atomic E-state index is -1.22. The maximum Gasteiger partial charge on any atom is 0.312 e. The largest absolute Gasteiger partial charge is 0.487 e. The van der Waals surface area contributed by atoms with Crippen LogP contribution in [0.5, 0.6) is 5.75 Å². The van der Waals surface area contributed by atoms with Gasteiger partial charge < -0.3 is 30.6 Å². The quantitative estimate of drug-likeness (QED) is 0.0411. The maximum atomic E-state index is 13.9. The van der Waals surface area contributed by atoms with Crippen molar-refractivity contribution in [2.75, 3.05) is 13.7 Å². The molecule has 5 aliphatic rings. The molecule has 4 saturated carbocycles. The third-order valence-electron chi connectivity index (χ3n) is 13.7. The Hall–Kier alpha value is -5.08. The van der Waals surface area contributed by atoms with Gasteiger partial charge >= 0.3 is 12.0 Å². The van der Waals surface area contributed by atoms with E-state index in [4.69, 9.17) is 41.3 Å². The van der Waals surface area contributed by atoms with E-state index >= 15 is 0 Å². The van der Waals surface area contributed by atoms with Crippen LogP contribution in [-0.4, -0.2) is 54.8 Å². The van der Waals surface area contributed by atoms with E-state index in [0.29, 0.717) is 45.7 Å². The number of rotatable bonds is 21. The van der Waals surface area contributed by atoms with Crippen LogP contribution in [0.2, 0.25) is 5.02 Å². The first kappa shape index (κ1) is 46.9. The molecule has 13 nitrogen and oxygen atoms in total. The predicted octanol–water partition coefficient (Wildman–Crippen LogP) is 7.93. The summed E-state index contributed by atoms with van der Waals surface area (Å²) >= 11 is 7.30. The maximum absolute atomic E-state index is 13.9. The van der Waals surface area contributed by atoms with Crippen molar-refractivity contribution in [3.05, 3.63) is 106 Å². The average molecular weight is 898 g/mol. The molecule has 342 valence electrons. The molecule has 1 aliphatic heterocycles. The lowest BCUT2D eigenvalue weighted by molar-refractivity contribution is -0.645. The Labute approximate surface area is 380 Å².